The number of pyridine rings is 4. The van der Waals surface area contributed by atoms with E-state index < -0.39 is 6.37 Å². The number of benzene rings is 2. The molecule has 0 unspecified atom stereocenters. The highest BCUT2D eigenvalue weighted by Crippen LogP contribution is 2.39. The van der Waals surface area contributed by atoms with Crippen LogP contribution in [0.4, 0.5) is 0 Å². The van der Waals surface area contributed by atoms with Gasteiger partial charge in [-0.25, -0.2) is 19.1 Å². The van der Waals surface area contributed by atoms with Gasteiger partial charge in [-0.05, 0) is 97.3 Å². The highest BCUT2D eigenvalue weighted by molar-refractivity contribution is 6.09. The largest absolute Gasteiger partial charge is 0.437 e. The van der Waals surface area contributed by atoms with Gasteiger partial charge in [0, 0.05) is 58.9 Å². The summed E-state index contributed by atoms with van der Waals surface area (Å²) in [4.78, 5) is 9.49. The number of aryl methyl sites for hydroxylation is 7. The first-order valence-corrected chi connectivity index (χ1v) is 20.6. The lowest BCUT2D eigenvalue weighted by Crippen LogP contribution is -2.32. The number of rotatable bonds is 8. The predicted octanol–water partition coefficient (Wildman–Crippen LogP) is 12.6. The van der Waals surface area contributed by atoms with Crippen LogP contribution in [0.3, 0.4) is 0 Å². The zero-order valence-electron chi connectivity index (χ0n) is 38.2. The van der Waals surface area contributed by atoms with E-state index in [1.54, 1.807) is 6.92 Å². The third kappa shape index (κ3) is 7.24. The van der Waals surface area contributed by atoms with E-state index in [1.165, 1.54) is 27.9 Å². The third-order valence-electron chi connectivity index (χ3n) is 11.6. The molecule has 0 aliphatic heterocycles. The Bertz CT molecular complexity index is 2880. The van der Waals surface area contributed by atoms with Gasteiger partial charge in [-0.2, -0.15) is 0 Å². The number of nitrogens with zero attached hydrogens (tertiary/aromatic N) is 4. The van der Waals surface area contributed by atoms with E-state index in [1.807, 2.05) is 17.8 Å². The summed E-state index contributed by atoms with van der Waals surface area (Å²) in [5.74, 6) is 1.07. The van der Waals surface area contributed by atoms with Crippen molar-refractivity contribution in [1.82, 2.24) is 9.97 Å². The average Bonchev–Trinajstić information content (AvgIpc) is 3.75. The van der Waals surface area contributed by atoms with Crippen molar-refractivity contribution in [2.45, 2.75) is 113 Å². The molecule has 0 spiro atoms. The Morgan fingerprint density at radius 3 is 1.53 bits per heavy atom. The van der Waals surface area contributed by atoms with Crippen LogP contribution in [-0.2, 0) is 33.3 Å². The van der Waals surface area contributed by atoms with E-state index in [9.17, 15) is 0 Å². The summed E-state index contributed by atoms with van der Waals surface area (Å²) < 4.78 is 33.6. The van der Waals surface area contributed by atoms with Crippen LogP contribution in [0.25, 0.3) is 66.7 Å². The van der Waals surface area contributed by atoms with Gasteiger partial charge in [0.1, 0.15) is 14.1 Å². The zero-order chi connectivity index (χ0) is 42.7. The predicted molar refractivity (Wildman–Crippen MR) is 236 cm³/mol. The molecule has 6 heteroatoms. The van der Waals surface area contributed by atoms with Crippen molar-refractivity contribution >= 4 is 44.1 Å². The lowest BCUT2D eigenvalue weighted by atomic mass is 9.93. The molecule has 0 aliphatic carbocycles. The molecule has 6 heterocycles. The maximum absolute atomic E-state index is 8.29. The number of aromatic nitrogens is 4. The van der Waals surface area contributed by atoms with Crippen molar-refractivity contribution in [1.29, 1.82) is 0 Å². The molecule has 0 amide bonds. The summed E-state index contributed by atoms with van der Waals surface area (Å²) in [6, 6.07) is 21.5. The fourth-order valence-electron chi connectivity index (χ4n) is 8.25. The molecule has 0 radical (unpaired) electrons. The van der Waals surface area contributed by atoms with E-state index in [-0.39, 0.29) is 5.92 Å². The minimum Gasteiger partial charge on any atom is -0.437 e. The van der Waals surface area contributed by atoms with E-state index in [0.717, 1.165) is 90.6 Å². The van der Waals surface area contributed by atoms with Crippen LogP contribution < -0.4 is 9.13 Å². The molecule has 0 N–H and O–H groups in total. The van der Waals surface area contributed by atoms with Crippen molar-refractivity contribution in [2.75, 3.05) is 0 Å². The van der Waals surface area contributed by atoms with Gasteiger partial charge < -0.3 is 8.83 Å². The number of fused-ring (bicyclic) bond motifs is 6. The first-order chi connectivity index (χ1) is 27.9. The van der Waals surface area contributed by atoms with E-state index in [4.69, 9.17) is 16.6 Å². The minimum absolute atomic E-state index is 0.207. The van der Waals surface area contributed by atoms with E-state index in [2.05, 4.69) is 153 Å². The average molecular weight is 763 g/mol. The fraction of sp³-hybridized carbons (Fsp3) is 0.373. The molecule has 6 aromatic heterocycles. The topological polar surface area (TPSA) is 59.8 Å². The van der Waals surface area contributed by atoms with Gasteiger partial charge in [0.15, 0.2) is 23.6 Å². The fourth-order valence-corrected chi connectivity index (χ4v) is 8.25. The summed E-state index contributed by atoms with van der Waals surface area (Å²) in [5.41, 5.74) is 16.6. The Kier molecular flexibility index (Phi) is 10.4. The molecule has 0 saturated carbocycles. The second kappa shape index (κ2) is 15.9. The van der Waals surface area contributed by atoms with Gasteiger partial charge in [0.2, 0.25) is 22.8 Å². The Morgan fingerprint density at radius 1 is 0.579 bits per heavy atom. The van der Waals surface area contributed by atoms with Crippen LogP contribution in [0.15, 0.2) is 81.9 Å². The van der Waals surface area contributed by atoms with Gasteiger partial charge in [-0.1, -0.05) is 86.6 Å². The Morgan fingerprint density at radius 2 is 1.05 bits per heavy atom. The molecule has 2 aromatic carbocycles. The molecule has 57 heavy (non-hydrogen) atoms. The highest BCUT2D eigenvalue weighted by Gasteiger charge is 2.25. The SMILES string of the molecule is CCc1c[n+](C)c(-c2c(C)ccc3c2oc2nc(C(C)C)ccc23)cc1C(C)C.[2H]C([2H])(C)c1c[n+](C)c(-c2c(C)ccc3c2oc2nc(CC)ccc23)cc1C(C)C. The molecule has 8 aromatic rings. The lowest BCUT2D eigenvalue weighted by Gasteiger charge is -2.13. The Labute approximate surface area is 341 Å². The maximum Gasteiger partial charge on any atom is 0.227 e. The van der Waals surface area contributed by atoms with Crippen LogP contribution in [0.5, 0.6) is 0 Å². The second-order valence-electron chi connectivity index (χ2n) is 16.5. The van der Waals surface area contributed by atoms with Gasteiger partial charge >= 0.3 is 0 Å². The van der Waals surface area contributed by atoms with Gasteiger partial charge in [-0.3, -0.25) is 0 Å². The second-order valence-corrected chi connectivity index (χ2v) is 16.5. The van der Waals surface area contributed by atoms with Crippen LogP contribution in [0.2, 0.25) is 0 Å². The Hall–Kier alpha value is -5.36. The first kappa shape index (κ1) is 37.2. The van der Waals surface area contributed by atoms with Crippen LogP contribution in [-0.4, -0.2) is 9.97 Å². The van der Waals surface area contributed by atoms with Crippen molar-refractivity contribution in [3.8, 4) is 22.5 Å². The molecule has 0 saturated heterocycles. The normalized spacial score (nSPS) is 12.7. The monoisotopic (exact) mass is 762 g/mol. The first-order valence-electron chi connectivity index (χ1n) is 21.6. The van der Waals surface area contributed by atoms with Crippen LogP contribution in [0, 0.1) is 13.8 Å². The van der Waals surface area contributed by atoms with Crippen LogP contribution >= 0.6 is 0 Å². The summed E-state index contributed by atoms with van der Waals surface area (Å²) in [5, 5.41) is 4.30. The zero-order valence-corrected chi connectivity index (χ0v) is 36.2. The molecule has 0 aliphatic rings. The Balaban J connectivity index is 0.000000179. The summed E-state index contributed by atoms with van der Waals surface area (Å²) in [6.07, 6.45) is 4.71. The van der Waals surface area contributed by atoms with Gasteiger partial charge in [-0.15, -0.1) is 0 Å². The van der Waals surface area contributed by atoms with E-state index in [0.29, 0.717) is 17.5 Å². The molecule has 6 nitrogen and oxygen atoms in total. The molecular weight excluding hydrogens is 701 g/mol. The van der Waals surface area contributed by atoms with Gasteiger partial charge in [0.25, 0.3) is 0 Å². The van der Waals surface area contributed by atoms with Crippen molar-refractivity contribution in [3.63, 3.8) is 0 Å². The lowest BCUT2D eigenvalue weighted by molar-refractivity contribution is -0.661. The van der Waals surface area contributed by atoms with Crippen molar-refractivity contribution in [2.24, 2.45) is 14.1 Å². The highest BCUT2D eigenvalue weighted by atomic mass is 16.3. The summed E-state index contributed by atoms with van der Waals surface area (Å²) in [6.45, 7) is 23.3. The third-order valence-corrected chi connectivity index (χ3v) is 11.6. The van der Waals surface area contributed by atoms with Crippen LogP contribution in [0.1, 0.15) is 128 Å². The quantitative estimate of drug-likeness (QED) is 0.145. The summed E-state index contributed by atoms with van der Waals surface area (Å²) in [7, 11) is 4.11. The van der Waals surface area contributed by atoms with Crippen molar-refractivity contribution < 1.29 is 20.7 Å². The smallest absolute Gasteiger partial charge is 0.227 e. The van der Waals surface area contributed by atoms with E-state index >= 15 is 0 Å². The minimum atomic E-state index is -1.41. The number of hydrogen-bond acceptors (Lipinski definition) is 4. The molecule has 8 rings (SSSR count). The number of hydrogen-bond donors (Lipinski definition) is 0. The molecule has 294 valence electrons. The summed E-state index contributed by atoms with van der Waals surface area (Å²) >= 11 is 0. The number of furan rings is 2. The van der Waals surface area contributed by atoms with Crippen molar-refractivity contribution in [3.05, 3.63) is 118 Å². The standard InChI is InChI=1S/C26H31N2O.C25H29N2O/c1-8-18-14-28(7)23(13-21(18)15(2)3)24-17(6)9-10-19-20-11-12-22(16(4)5)27-26(20)29-25(19)24;1-7-17-14-27(6)22(13-21(17)15(3)4)23-16(5)9-11-19-20-12-10-18(8-2)26-25(20)28-24(19)23/h9-16H,8H2,1-7H3;9-15H,7-8H2,1-6H3/q2*+1/i;7D2. The molecule has 0 fully saturated rings. The molecule has 0 bridgehead atoms. The van der Waals surface area contributed by atoms with Gasteiger partial charge in [0.05, 0.1) is 11.1 Å². The molecular formula is C51H60N4O2+2. The molecule has 0 atom stereocenters. The maximum atomic E-state index is 8.29.